The number of nitrogens with two attached hydrogens (primary N) is 1. The minimum Gasteiger partial charge on any atom is -0.409 e. The summed E-state index contributed by atoms with van der Waals surface area (Å²) in [5, 5.41) is 15.3. The zero-order chi connectivity index (χ0) is 15.0. The topological polar surface area (TPSA) is 70.6 Å². The van der Waals surface area contributed by atoms with E-state index in [2.05, 4.69) is 41.7 Å². The smallest absolute Gasteiger partial charge is 0.144 e. The van der Waals surface area contributed by atoms with E-state index in [-0.39, 0.29) is 5.41 Å². The van der Waals surface area contributed by atoms with E-state index in [0.29, 0.717) is 5.84 Å². The molecule has 0 unspecified atom stereocenters. The summed E-state index contributed by atoms with van der Waals surface area (Å²) in [7, 11) is 0. The van der Waals surface area contributed by atoms with E-state index in [9.17, 15) is 0 Å². The standard InChI is InChI=1S/C16H27N3O/c1-4-8-13-9-5-6-10-14(13)18-12-7-11-16(2,3)15(17)19-20/h5-6,9-10,18,20H,4,7-8,11-12H2,1-3H3,(H2,17,19). The number of oxime groups is 1. The zero-order valence-electron chi connectivity index (χ0n) is 12.8. The summed E-state index contributed by atoms with van der Waals surface area (Å²) < 4.78 is 0. The van der Waals surface area contributed by atoms with Gasteiger partial charge < -0.3 is 16.3 Å². The van der Waals surface area contributed by atoms with Crippen molar-refractivity contribution in [3.63, 3.8) is 0 Å². The Morgan fingerprint density at radius 2 is 2.05 bits per heavy atom. The van der Waals surface area contributed by atoms with Gasteiger partial charge in [0.2, 0.25) is 0 Å². The highest BCUT2D eigenvalue weighted by Gasteiger charge is 2.22. The van der Waals surface area contributed by atoms with E-state index in [1.54, 1.807) is 0 Å². The maximum absolute atomic E-state index is 8.75. The Balaban J connectivity index is 2.45. The molecule has 0 amide bonds. The highest BCUT2D eigenvalue weighted by Crippen LogP contribution is 2.23. The minimum absolute atomic E-state index is 0.265. The van der Waals surface area contributed by atoms with Gasteiger partial charge in [-0.05, 0) is 30.9 Å². The molecule has 20 heavy (non-hydrogen) atoms. The summed E-state index contributed by atoms with van der Waals surface area (Å²) in [6.45, 7) is 7.07. The van der Waals surface area contributed by atoms with Gasteiger partial charge in [-0.3, -0.25) is 0 Å². The molecule has 0 aliphatic carbocycles. The van der Waals surface area contributed by atoms with Gasteiger partial charge in [0.15, 0.2) is 0 Å². The number of nitrogens with one attached hydrogen (secondary N) is 1. The lowest BCUT2D eigenvalue weighted by atomic mass is 9.86. The first-order valence-electron chi connectivity index (χ1n) is 7.31. The van der Waals surface area contributed by atoms with Crippen LogP contribution in [0.4, 0.5) is 5.69 Å². The van der Waals surface area contributed by atoms with Crippen molar-refractivity contribution < 1.29 is 5.21 Å². The lowest BCUT2D eigenvalue weighted by molar-refractivity contribution is 0.305. The van der Waals surface area contributed by atoms with Crippen LogP contribution in [0.25, 0.3) is 0 Å². The van der Waals surface area contributed by atoms with Crippen molar-refractivity contribution in [2.24, 2.45) is 16.3 Å². The first-order chi connectivity index (χ1) is 9.51. The predicted octanol–water partition coefficient (Wildman–Crippen LogP) is 3.60. The lowest BCUT2D eigenvalue weighted by Crippen LogP contribution is -2.32. The number of benzene rings is 1. The second-order valence-corrected chi connectivity index (χ2v) is 5.81. The monoisotopic (exact) mass is 277 g/mol. The van der Waals surface area contributed by atoms with E-state index in [4.69, 9.17) is 10.9 Å². The summed E-state index contributed by atoms with van der Waals surface area (Å²) in [5.41, 5.74) is 8.01. The summed E-state index contributed by atoms with van der Waals surface area (Å²) in [6, 6.07) is 8.44. The molecule has 0 spiro atoms. The third-order valence-corrected chi connectivity index (χ3v) is 3.63. The molecule has 0 aliphatic rings. The Bertz CT molecular complexity index is 441. The van der Waals surface area contributed by atoms with Crippen molar-refractivity contribution in [2.45, 2.75) is 46.5 Å². The second-order valence-electron chi connectivity index (χ2n) is 5.81. The van der Waals surface area contributed by atoms with Crippen LogP contribution in [0.2, 0.25) is 0 Å². The molecule has 112 valence electrons. The molecule has 0 bridgehead atoms. The molecular formula is C16H27N3O. The Hall–Kier alpha value is -1.71. The molecule has 0 fully saturated rings. The molecule has 0 radical (unpaired) electrons. The molecule has 1 aromatic rings. The largest absolute Gasteiger partial charge is 0.409 e. The van der Waals surface area contributed by atoms with E-state index in [0.717, 1.165) is 32.2 Å². The molecule has 0 aliphatic heterocycles. The molecule has 0 heterocycles. The van der Waals surface area contributed by atoms with Gasteiger partial charge in [-0.1, -0.05) is 50.5 Å². The van der Waals surface area contributed by atoms with Gasteiger partial charge in [-0.25, -0.2) is 0 Å². The Labute approximate surface area is 122 Å². The second kappa shape index (κ2) is 7.78. The van der Waals surface area contributed by atoms with Crippen LogP contribution in [0, 0.1) is 5.41 Å². The molecular weight excluding hydrogens is 250 g/mol. The molecule has 1 aromatic carbocycles. The van der Waals surface area contributed by atoms with Gasteiger partial charge in [-0.15, -0.1) is 0 Å². The van der Waals surface area contributed by atoms with Crippen LogP contribution in [0.15, 0.2) is 29.4 Å². The number of rotatable bonds is 8. The van der Waals surface area contributed by atoms with E-state index in [1.807, 2.05) is 13.8 Å². The third-order valence-electron chi connectivity index (χ3n) is 3.63. The van der Waals surface area contributed by atoms with Crippen LogP contribution in [-0.2, 0) is 6.42 Å². The number of amidine groups is 1. The molecule has 0 atom stereocenters. The van der Waals surface area contributed by atoms with Crippen molar-refractivity contribution in [3.05, 3.63) is 29.8 Å². The Morgan fingerprint density at radius 1 is 1.35 bits per heavy atom. The fraction of sp³-hybridized carbons (Fsp3) is 0.562. The summed E-state index contributed by atoms with van der Waals surface area (Å²) in [4.78, 5) is 0. The number of nitrogens with zero attached hydrogens (tertiary/aromatic N) is 1. The first-order valence-corrected chi connectivity index (χ1v) is 7.31. The number of hydrogen-bond acceptors (Lipinski definition) is 3. The van der Waals surface area contributed by atoms with Gasteiger partial charge in [-0.2, -0.15) is 0 Å². The van der Waals surface area contributed by atoms with Crippen LogP contribution in [0.5, 0.6) is 0 Å². The van der Waals surface area contributed by atoms with Crippen LogP contribution in [0.1, 0.15) is 45.6 Å². The average molecular weight is 277 g/mol. The number of para-hydroxylation sites is 1. The van der Waals surface area contributed by atoms with Crippen LogP contribution < -0.4 is 11.1 Å². The van der Waals surface area contributed by atoms with Crippen molar-refractivity contribution in [3.8, 4) is 0 Å². The highest BCUT2D eigenvalue weighted by atomic mass is 16.4. The van der Waals surface area contributed by atoms with Gasteiger partial charge >= 0.3 is 0 Å². The van der Waals surface area contributed by atoms with Gasteiger partial charge in [0.1, 0.15) is 5.84 Å². The van der Waals surface area contributed by atoms with Crippen molar-refractivity contribution >= 4 is 11.5 Å². The van der Waals surface area contributed by atoms with E-state index >= 15 is 0 Å². The molecule has 1 rings (SSSR count). The van der Waals surface area contributed by atoms with Crippen molar-refractivity contribution in [1.29, 1.82) is 0 Å². The quantitative estimate of drug-likeness (QED) is 0.223. The zero-order valence-corrected chi connectivity index (χ0v) is 12.8. The summed E-state index contributed by atoms with van der Waals surface area (Å²) in [5.74, 6) is 0.295. The number of aryl methyl sites for hydroxylation is 1. The molecule has 4 heteroatoms. The third kappa shape index (κ3) is 4.76. The Morgan fingerprint density at radius 3 is 2.70 bits per heavy atom. The van der Waals surface area contributed by atoms with Gasteiger partial charge in [0.05, 0.1) is 0 Å². The maximum Gasteiger partial charge on any atom is 0.144 e. The molecule has 0 saturated heterocycles. The number of hydrogen-bond donors (Lipinski definition) is 3. The van der Waals surface area contributed by atoms with Crippen LogP contribution in [-0.4, -0.2) is 17.6 Å². The normalized spacial score (nSPS) is 12.4. The fourth-order valence-corrected chi connectivity index (χ4v) is 2.20. The van der Waals surface area contributed by atoms with Crippen LogP contribution in [0.3, 0.4) is 0 Å². The fourth-order valence-electron chi connectivity index (χ4n) is 2.20. The average Bonchev–Trinajstić information content (AvgIpc) is 2.44. The van der Waals surface area contributed by atoms with Crippen molar-refractivity contribution in [2.75, 3.05) is 11.9 Å². The molecule has 0 aromatic heterocycles. The molecule has 4 N–H and O–H groups in total. The minimum atomic E-state index is -0.265. The molecule has 4 nitrogen and oxygen atoms in total. The lowest BCUT2D eigenvalue weighted by Gasteiger charge is -2.23. The van der Waals surface area contributed by atoms with Crippen LogP contribution >= 0.6 is 0 Å². The van der Waals surface area contributed by atoms with E-state index < -0.39 is 0 Å². The predicted molar refractivity (Wildman–Crippen MR) is 85.4 cm³/mol. The van der Waals surface area contributed by atoms with Gasteiger partial charge in [0.25, 0.3) is 0 Å². The molecule has 0 saturated carbocycles. The highest BCUT2D eigenvalue weighted by molar-refractivity contribution is 5.85. The first kappa shape index (κ1) is 16.3. The Kier molecular flexibility index (Phi) is 6.36. The van der Waals surface area contributed by atoms with Gasteiger partial charge in [0, 0.05) is 17.6 Å². The number of anilines is 1. The summed E-state index contributed by atoms with van der Waals surface area (Å²) in [6.07, 6.45) is 4.10. The van der Waals surface area contributed by atoms with Crippen molar-refractivity contribution in [1.82, 2.24) is 0 Å². The maximum atomic E-state index is 8.75. The van der Waals surface area contributed by atoms with E-state index in [1.165, 1.54) is 11.3 Å². The summed E-state index contributed by atoms with van der Waals surface area (Å²) >= 11 is 0. The SMILES string of the molecule is CCCc1ccccc1NCCCC(C)(C)C(N)=NO.